The third-order valence-corrected chi connectivity index (χ3v) is 4.86. The number of nitrogens with zero attached hydrogens (tertiary/aromatic N) is 1. The van der Waals surface area contributed by atoms with Crippen LogP contribution in [0.25, 0.3) is 0 Å². The molecule has 110 valence electrons. The molecule has 0 saturated heterocycles. The summed E-state index contributed by atoms with van der Waals surface area (Å²) in [6, 6.07) is 4.33. The summed E-state index contributed by atoms with van der Waals surface area (Å²) >= 11 is 0. The molecule has 0 spiro atoms. The molecule has 0 aliphatic heterocycles. The maximum absolute atomic E-state index is 12.2. The number of benzene rings is 1. The fourth-order valence-electron chi connectivity index (χ4n) is 2.28. The molecule has 0 bridgehead atoms. The van der Waals surface area contributed by atoms with Gasteiger partial charge in [-0.25, -0.2) is 13.1 Å². The Morgan fingerprint density at radius 2 is 2.00 bits per heavy atom. The van der Waals surface area contributed by atoms with Crippen molar-refractivity contribution in [1.29, 1.82) is 0 Å². The third-order valence-electron chi connectivity index (χ3n) is 3.37. The van der Waals surface area contributed by atoms with Crippen LogP contribution in [-0.2, 0) is 10.0 Å². The maximum atomic E-state index is 12.2. The topological polar surface area (TPSA) is 110 Å². The van der Waals surface area contributed by atoms with Gasteiger partial charge >= 0.3 is 0 Å². The minimum atomic E-state index is -3.86. The second-order valence-corrected chi connectivity index (χ2v) is 6.55. The van der Waals surface area contributed by atoms with Crippen LogP contribution in [0.4, 0.5) is 5.69 Å². The fraction of sp³-hybridized carbons (Fsp3) is 0.500. The van der Waals surface area contributed by atoms with E-state index in [-0.39, 0.29) is 10.6 Å². The smallest absolute Gasteiger partial charge is 0.270 e. The predicted octanol–water partition coefficient (Wildman–Crippen LogP) is 1.18. The molecule has 1 aromatic rings. The first-order valence-electron chi connectivity index (χ1n) is 6.35. The molecule has 0 aromatic heterocycles. The van der Waals surface area contributed by atoms with Gasteiger partial charge in [-0.1, -0.05) is 18.9 Å². The van der Waals surface area contributed by atoms with Gasteiger partial charge < -0.3 is 5.11 Å². The Bertz CT molecular complexity index is 602. The lowest BCUT2D eigenvalue weighted by Crippen LogP contribution is -2.44. The fourth-order valence-corrected chi connectivity index (χ4v) is 3.62. The second kappa shape index (κ2) is 5.86. The molecule has 1 aliphatic rings. The molecular formula is C12H16N2O5S. The Morgan fingerprint density at radius 1 is 1.30 bits per heavy atom. The number of rotatable bonds is 4. The van der Waals surface area contributed by atoms with E-state index in [1.165, 1.54) is 18.2 Å². The summed E-state index contributed by atoms with van der Waals surface area (Å²) in [5.41, 5.74) is -0.280. The van der Waals surface area contributed by atoms with Gasteiger partial charge in [0.1, 0.15) is 0 Å². The molecular weight excluding hydrogens is 284 g/mol. The van der Waals surface area contributed by atoms with Crippen molar-refractivity contribution in [2.75, 3.05) is 0 Å². The van der Waals surface area contributed by atoms with Crippen molar-refractivity contribution in [3.63, 3.8) is 0 Å². The van der Waals surface area contributed by atoms with E-state index in [9.17, 15) is 23.6 Å². The average molecular weight is 300 g/mol. The normalized spacial score (nSPS) is 23.4. The van der Waals surface area contributed by atoms with Crippen molar-refractivity contribution in [1.82, 2.24) is 4.72 Å². The van der Waals surface area contributed by atoms with Crippen molar-refractivity contribution in [2.45, 2.75) is 42.7 Å². The number of non-ortho nitro benzene ring substituents is 1. The zero-order chi connectivity index (χ0) is 14.8. The van der Waals surface area contributed by atoms with Gasteiger partial charge in [0.05, 0.1) is 15.9 Å². The molecule has 1 aromatic carbocycles. The first-order valence-corrected chi connectivity index (χ1v) is 7.83. The first-order chi connectivity index (χ1) is 9.40. The van der Waals surface area contributed by atoms with E-state index in [1.807, 2.05) is 0 Å². The van der Waals surface area contributed by atoms with Crippen molar-refractivity contribution >= 4 is 15.7 Å². The Hall–Kier alpha value is -1.51. The van der Waals surface area contributed by atoms with Crippen molar-refractivity contribution in [3.8, 4) is 0 Å². The first kappa shape index (κ1) is 14.9. The molecule has 2 atom stereocenters. The molecule has 1 fully saturated rings. The maximum Gasteiger partial charge on any atom is 0.270 e. The number of hydrogen-bond donors (Lipinski definition) is 2. The van der Waals surface area contributed by atoms with Gasteiger partial charge in [-0.2, -0.15) is 0 Å². The lowest BCUT2D eigenvalue weighted by molar-refractivity contribution is -0.385. The molecule has 0 unspecified atom stereocenters. The minimum Gasteiger partial charge on any atom is -0.391 e. The number of nitro benzene ring substituents is 1. The molecule has 1 aliphatic carbocycles. The number of nitro groups is 1. The van der Waals surface area contributed by atoms with Crippen LogP contribution < -0.4 is 4.72 Å². The zero-order valence-electron chi connectivity index (χ0n) is 10.7. The average Bonchev–Trinajstić information content (AvgIpc) is 2.41. The van der Waals surface area contributed by atoms with Gasteiger partial charge in [0, 0.05) is 18.2 Å². The minimum absolute atomic E-state index is 0.163. The predicted molar refractivity (Wildman–Crippen MR) is 71.7 cm³/mol. The van der Waals surface area contributed by atoms with E-state index in [4.69, 9.17) is 0 Å². The summed E-state index contributed by atoms with van der Waals surface area (Å²) in [5.74, 6) is 0. The molecule has 1 saturated carbocycles. The molecule has 2 N–H and O–H groups in total. The number of sulfonamides is 1. The highest BCUT2D eigenvalue weighted by molar-refractivity contribution is 7.89. The van der Waals surface area contributed by atoms with E-state index < -0.39 is 27.1 Å². The van der Waals surface area contributed by atoms with Crippen LogP contribution in [0.15, 0.2) is 29.2 Å². The number of nitrogens with one attached hydrogen (secondary N) is 1. The quantitative estimate of drug-likeness (QED) is 0.641. The van der Waals surface area contributed by atoms with Gasteiger partial charge in [0.25, 0.3) is 5.69 Å². The standard InChI is InChI=1S/C12H16N2O5S/c15-12-7-2-1-6-11(12)13-20(18,19)10-5-3-4-9(8-10)14(16)17/h3-5,8,11-13,15H,1-2,6-7H2/t11-,12-/m1/s1. The zero-order valence-corrected chi connectivity index (χ0v) is 11.5. The Labute approximate surface area is 116 Å². The van der Waals surface area contributed by atoms with E-state index in [0.717, 1.165) is 18.9 Å². The summed E-state index contributed by atoms with van der Waals surface area (Å²) in [5, 5.41) is 20.5. The lowest BCUT2D eigenvalue weighted by atomic mass is 9.93. The van der Waals surface area contributed by atoms with Gasteiger partial charge in [0.2, 0.25) is 10.0 Å². The van der Waals surface area contributed by atoms with Crippen LogP contribution in [-0.4, -0.2) is 30.6 Å². The van der Waals surface area contributed by atoms with E-state index in [1.54, 1.807) is 0 Å². The van der Waals surface area contributed by atoms with Crippen molar-refractivity contribution in [2.24, 2.45) is 0 Å². The van der Waals surface area contributed by atoms with Crippen molar-refractivity contribution in [3.05, 3.63) is 34.4 Å². The molecule has 2 rings (SSSR count). The largest absolute Gasteiger partial charge is 0.391 e. The highest BCUT2D eigenvalue weighted by Gasteiger charge is 2.28. The van der Waals surface area contributed by atoms with E-state index in [0.29, 0.717) is 12.8 Å². The second-order valence-electron chi connectivity index (χ2n) is 4.83. The van der Waals surface area contributed by atoms with E-state index >= 15 is 0 Å². The van der Waals surface area contributed by atoms with Gasteiger partial charge in [-0.05, 0) is 18.9 Å². The Balaban J connectivity index is 2.21. The molecule has 0 heterocycles. The van der Waals surface area contributed by atoms with Crippen LogP contribution in [0.3, 0.4) is 0 Å². The summed E-state index contributed by atoms with van der Waals surface area (Å²) in [6.07, 6.45) is 2.13. The number of aliphatic hydroxyl groups is 1. The van der Waals surface area contributed by atoms with Crippen LogP contribution >= 0.6 is 0 Å². The molecule has 0 amide bonds. The summed E-state index contributed by atoms with van der Waals surface area (Å²) in [6.45, 7) is 0. The van der Waals surface area contributed by atoms with Gasteiger partial charge in [-0.3, -0.25) is 10.1 Å². The Morgan fingerprint density at radius 3 is 2.65 bits per heavy atom. The van der Waals surface area contributed by atoms with Crippen molar-refractivity contribution < 1.29 is 18.4 Å². The SMILES string of the molecule is O=[N+]([O-])c1cccc(S(=O)(=O)N[C@@H]2CCCC[C@H]2O)c1. The number of hydrogen-bond acceptors (Lipinski definition) is 5. The summed E-state index contributed by atoms with van der Waals surface area (Å²) < 4.78 is 26.8. The molecule has 0 radical (unpaired) electrons. The highest BCUT2D eigenvalue weighted by Crippen LogP contribution is 2.22. The van der Waals surface area contributed by atoms with Crippen LogP contribution in [0.1, 0.15) is 25.7 Å². The third kappa shape index (κ3) is 3.33. The Kier molecular flexibility index (Phi) is 4.36. The highest BCUT2D eigenvalue weighted by atomic mass is 32.2. The van der Waals surface area contributed by atoms with Crippen LogP contribution in [0.2, 0.25) is 0 Å². The number of aliphatic hydroxyl groups excluding tert-OH is 1. The molecule has 8 heteroatoms. The van der Waals surface area contributed by atoms with Crippen LogP contribution in [0, 0.1) is 10.1 Å². The van der Waals surface area contributed by atoms with Gasteiger partial charge in [0.15, 0.2) is 0 Å². The summed E-state index contributed by atoms with van der Waals surface area (Å²) in [4.78, 5) is 9.87. The molecule has 20 heavy (non-hydrogen) atoms. The van der Waals surface area contributed by atoms with Gasteiger partial charge in [-0.15, -0.1) is 0 Å². The summed E-state index contributed by atoms with van der Waals surface area (Å²) in [7, 11) is -3.86. The lowest BCUT2D eigenvalue weighted by Gasteiger charge is -2.28. The van der Waals surface area contributed by atoms with Crippen LogP contribution in [0.5, 0.6) is 0 Å². The monoisotopic (exact) mass is 300 g/mol. The molecule has 7 nitrogen and oxygen atoms in total. The van der Waals surface area contributed by atoms with E-state index in [2.05, 4.69) is 4.72 Å².